The lowest BCUT2D eigenvalue weighted by Crippen LogP contribution is -2.34. The zero-order valence-corrected chi connectivity index (χ0v) is 14.1. The summed E-state index contributed by atoms with van der Waals surface area (Å²) in [4.78, 5) is 29.7. The highest BCUT2D eigenvalue weighted by Gasteiger charge is 2.17. The van der Waals surface area contributed by atoms with Gasteiger partial charge in [-0.05, 0) is 18.4 Å². The quantitative estimate of drug-likeness (QED) is 0.869. The molecule has 1 saturated heterocycles. The van der Waals surface area contributed by atoms with E-state index < -0.39 is 0 Å². The second-order valence-electron chi connectivity index (χ2n) is 6.17. The molecule has 0 radical (unpaired) electrons. The summed E-state index contributed by atoms with van der Waals surface area (Å²) in [6, 6.07) is 7.62. The minimum absolute atomic E-state index is 0.0423. The normalized spacial score (nSPS) is 15.0. The number of nitrogens with zero attached hydrogens (tertiary/aromatic N) is 3. The van der Waals surface area contributed by atoms with Gasteiger partial charge in [0.1, 0.15) is 0 Å². The van der Waals surface area contributed by atoms with Crippen molar-refractivity contribution in [3.63, 3.8) is 0 Å². The van der Waals surface area contributed by atoms with Gasteiger partial charge in [-0.1, -0.05) is 35.8 Å². The zero-order chi connectivity index (χ0) is 17.5. The average Bonchev–Trinajstić information content (AvgIpc) is 3.09. The summed E-state index contributed by atoms with van der Waals surface area (Å²) in [5.41, 5.74) is 1.86. The van der Waals surface area contributed by atoms with Crippen molar-refractivity contribution in [1.82, 2.24) is 20.4 Å². The van der Waals surface area contributed by atoms with E-state index in [-0.39, 0.29) is 11.8 Å². The Morgan fingerprint density at radius 1 is 1.20 bits per heavy atom. The molecule has 0 spiro atoms. The fourth-order valence-electron chi connectivity index (χ4n) is 2.87. The highest BCUT2D eigenvalue weighted by molar-refractivity contribution is 5.79. The highest BCUT2D eigenvalue weighted by atomic mass is 16.5. The van der Waals surface area contributed by atoms with Crippen molar-refractivity contribution >= 4 is 11.8 Å². The van der Waals surface area contributed by atoms with Crippen molar-refractivity contribution in [3.05, 3.63) is 36.2 Å². The van der Waals surface area contributed by atoms with Crippen molar-refractivity contribution in [1.29, 1.82) is 0 Å². The van der Waals surface area contributed by atoms with E-state index >= 15 is 0 Å². The third-order valence-corrected chi connectivity index (χ3v) is 4.34. The van der Waals surface area contributed by atoms with Gasteiger partial charge in [0, 0.05) is 38.0 Å². The monoisotopic (exact) mass is 342 g/mol. The van der Waals surface area contributed by atoms with Crippen LogP contribution in [0.1, 0.15) is 37.7 Å². The van der Waals surface area contributed by atoms with Gasteiger partial charge in [-0.3, -0.25) is 9.59 Å². The first-order valence-corrected chi connectivity index (χ1v) is 8.62. The third-order valence-electron chi connectivity index (χ3n) is 4.34. The third kappa shape index (κ3) is 4.89. The van der Waals surface area contributed by atoms with Gasteiger partial charge in [0.2, 0.25) is 24.0 Å². The maximum atomic E-state index is 12.0. The lowest BCUT2D eigenvalue weighted by atomic mass is 10.1. The molecule has 1 aliphatic heterocycles. The van der Waals surface area contributed by atoms with Crippen LogP contribution in [0.2, 0.25) is 0 Å². The Hall–Kier alpha value is -2.70. The predicted octanol–water partition coefficient (Wildman–Crippen LogP) is 2.15. The Balaban J connectivity index is 1.43. The van der Waals surface area contributed by atoms with E-state index in [2.05, 4.69) is 15.5 Å². The number of benzene rings is 1. The van der Waals surface area contributed by atoms with Crippen molar-refractivity contribution < 1.29 is 14.1 Å². The Morgan fingerprint density at radius 3 is 2.80 bits per heavy atom. The average molecular weight is 342 g/mol. The van der Waals surface area contributed by atoms with E-state index in [1.165, 1.54) is 6.39 Å². The van der Waals surface area contributed by atoms with Crippen LogP contribution in [-0.2, 0) is 16.1 Å². The van der Waals surface area contributed by atoms with Crippen LogP contribution in [0.5, 0.6) is 0 Å². The van der Waals surface area contributed by atoms with Gasteiger partial charge in [-0.25, -0.2) is 0 Å². The van der Waals surface area contributed by atoms with Crippen LogP contribution in [0.3, 0.4) is 0 Å². The maximum absolute atomic E-state index is 12.0. The van der Waals surface area contributed by atoms with E-state index in [0.717, 1.165) is 36.9 Å². The molecule has 2 aromatic rings. The fraction of sp³-hybridized carbons (Fsp3) is 0.444. The Labute approximate surface area is 146 Å². The molecule has 3 rings (SSSR count). The summed E-state index contributed by atoms with van der Waals surface area (Å²) in [7, 11) is 0. The second-order valence-corrected chi connectivity index (χ2v) is 6.17. The first-order valence-electron chi connectivity index (χ1n) is 8.62. The van der Waals surface area contributed by atoms with Crippen LogP contribution in [0.4, 0.5) is 0 Å². The van der Waals surface area contributed by atoms with Gasteiger partial charge < -0.3 is 14.7 Å². The minimum Gasteiger partial charge on any atom is -0.352 e. The molecule has 1 N–H and O–H groups in total. The molecule has 0 aliphatic carbocycles. The largest absolute Gasteiger partial charge is 0.352 e. The molecule has 1 aromatic heterocycles. The molecule has 0 atom stereocenters. The molecule has 7 nitrogen and oxygen atoms in total. The first-order chi connectivity index (χ1) is 12.2. The minimum atomic E-state index is -0.0423. The van der Waals surface area contributed by atoms with E-state index in [1.807, 2.05) is 29.2 Å². The van der Waals surface area contributed by atoms with Gasteiger partial charge >= 0.3 is 0 Å². The summed E-state index contributed by atoms with van der Waals surface area (Å²) in [6.07, 6.45) is 5.31. The topological polar surface area (TPSA) is 88.3 Å². The predicted molar refractivity (Wildman–Crippen MR) is 91.2 cm³/mol. The molecule has 25 heavy (non-hydrogen) atoms. The van der Waals surface area contributed by atoms with Crippen molar-refractivity contribution in [2.24, 2.45) is 0 Å². The molecule has 0 unspecified atom stereocenters. The number of likely N-dealkylation sites (tertiary alicyclic amines) is 1. The fourth-order valence-corrected chi connectivity index (χ4v) is 2.87. The number of carbonyl (C=O) groups excluding carboxylic acids is 2. The highest BCUT2D eigenvalue weighted by Crippen LogP contribution is 2.15. The summed E-state index contributed by atoms with van der Waals surface area (Å²) in [5.74, 6) is 0.666. The summed E-state index contributed by atoms with van der Waals surface area (Å²) in [6.45, 7) is 1.73. The number of nitrogens with one attached hydrogen (secondary N) is 1. The number of hydrogen-bond acceptors (Lipinski definition) is 5. The van der Waals surface area contributed by atoms with Crippen LogP contribution in [0.25, 0.3) is 11.4 Å². The number of carbonyl (C=O) groups is 2. The molecule has 2 heterocycles. The Bertz CT molecular complexity index is 698. The van der Waals surface area contributed by atoms with Crippen molar-refractivity contribution in [2.45, 2.75) is 38.6 Å². The standard InChI is InChI=1S/C18H22N4O3/c23-16(9-11-22-10-3-1-2-4-17(22)24)19-12-14-5-7-15(8-6-14)18-20-13-25-21-18/h5-8,13H,1-4,9-12H2,(H,19,23). The number of rotatable bonds is 6. The molecule has 0 bridgehead atoms. The van der Waals surface area contributed by atoms with Gasteiger partial charge in [-0.2, -0.15) is 4.98 Å². The maximum Gasteiger partial charge on any atom is 0.222 e. The van der Waals surface area contributed by atoms with Crippen LogP contribution in [-0.4, -0.2) is 39.9 Å². The molecular formula is C18H22N4O3. The molecule has 2 amide bonds. The smallest absolute Gasteiger partial charge is 0.222 e. The lowest BCUT2D eigenvalue weighted by Gasteiger charge is -2.20. The lowest BCUT2D eigenvalue weighted by molar-refractivity contribution is -0.131. The number of aromatic nitrogens is 2. The molecule has 7 heteroatoms. The SMILES string of the molecule is O=C(CCN1CCCCCC1=O)NCc1ccc(-c2ncon2)cc1. The van der Waals surface area contributed by atoms with E-state index in [1.54, 1.807) is 0 Å². The van der Waals surface area contributed by atoms with E-state index in [0.29, 0.717) is 31.8 Å². The zero-order valence-electron chi connectivity index (χ0n) is 14.1. The number of amides is 2. The molecule has 0 saturated carbocycles. The second kappa shape index (κ2) is 8.41. The van der Waals surface area contributed by atoms with Crippen LogP contribution in [0.15, 0.2) is 35.2 Å². The summed E-state index contributed by atoms with van der Waals surface area (Å²) >= 11 is 0. The summed E-state index contributed by atoms with van der Waals surface area (Å²) in [5, 5.41) is 6.68. The van der Waals surface area contributed by atoms with Crippen LogP contribution >= 0.6 is 0 Å². The van der Waals surface area contributed by atoms with Gasteiger partial charge in [0.05, 0.1) is 0 Å². The van der Waals surface area contributed by atoms with Gasteiger partial charge in [0.15, 0.2) is 0 Å². The van der Waals surface area contributed by atoms with Gasteiger partial charge in [0.25, 0.3) is 0 Å². The molecular weight excluding hydrogens is 320 g/mol. The summed E-state index contributed by atoms with van der Waals surface area (Å²) < 4.78 is 4.72. The van der Waals surface area contributed by atoms with E-state index in [4.69, 9.17) is 4.52 Å². The van der Waals surface area contributed by atoms with Crippen LogP contribution in [0, 0.1) is 0 Å². The number of hydrogen-bond donors (Lipinski definition) is 1. The van der Waals surface area contributed by atoms with Crippen molar-refractivity contribution in [2.75, 3.05) is 13.1 Å². The first kappa shape index (κ1) is 17.1. The molecule has 1 aliphatic rings. The molecule has 1 fully saturated rings. The van der Waals surface area contributed by atoms with E-state index in [9.17, 15) is 9.59 Å². The Morgan fingerprint density at radius 2 is 2.04 bits per heavy atom. The van der Waals surface area contributed by atoms with Crippen LogP contribution < -0.4 is 5.32 Å². The Kier molecular flexibility index (Phi) is 5.77. The molecule has 1 aromatic carbocycles. The van der Waals surface area contributed by atoms with Crippen molar-refractivity contribution in [3.8, 4) is 11.4 Å². The van der Waals surface area contributed by atoms with Gasteiger partial charge in [-0.15, -0.1) is 0 Å². The molecule has 132 valence electrons.